The molecule has 0 bridgehead atoms. The van der Waals surface area contributed by atoms with Crippen LogP contribution >= 0.6 is 7.82 Å². The number of hydrogen-bond donors (Lipinski definition) is 2. The van der Waals surface area contributed by atoms with Gasteiger partial charge in [0.15, 0.2) is 5.65 Å². The van der Waals surface area contributed by atoms with Crippen LogP contribution in [-0.4, -0.2) is 48.3 Å². The third kappa shape index (κ3) is 4.97. The first kappa shape index (κ1) is 22.4. The van der Waals surface area contributed by atoms with Gasteiger partial charge in [0.25, 0.3) is 7.82 Å². The van der Waals surface area contributed by atoms with Crippen molar-refractivity contribution in [2.45, 2.75) is 24.9 Å². The quantitative estimate of drug-likeness (QED) is 0.386. The van der Waals surface area contributed by atoms with Crippen molar-refractivity contribution in [3.8, 4) is 5.88 Å². The second kappa shape index (κ2) is 8.85. The number of rotatable bonds is 4. The number of aliphatic hydroxyl groups excluding tert-OH is 1. The number of nitrogens with zero attached hydrogens (tertiary/aromatic N) is 4. The number of imidazole rings is 1. The fourth-order valence-corrected chi connectivity index (χ4v) is 2.58. The summed E-state index contributed by atoms with van der Waals surface area (Å²) < 4.78 is 21.7. The predicted molar refractivity (Wildman–Crippen MR) is 65.1 cm³/mol. The van der Waals surface area contributed by atoms with E-state index in [2.05, 4.69) is 19.5 Å². The molecule has 0 radical (unpaired) electrons. The Labute approximate surface area is 180 Å². The smallest absolute Gasteiger partial charge is 0.857 e. The van der Waals surface area contributed by atoms with Gasteiger partial charge < -0.3 is 29.3 Å². The van der Waals surface area contributed by atoms with E-state index in [1.165, 1.54) is 10.9 Å². The minimum Gasteiger partial charge on any atom is -0.857 e. The maximum Gasteiger partial charge on any atom is 1.00 e. The van der Waals surface area contributed by atoms with Crippen molar-refractivity contribution < 1.29 is 92.9 Å². The summed E-state index contributed by atoms with van der Waals surface area (Å²) in [5, 5.41) is 21.4. The van der Waals surface area contributed by atoms with Crippen molar-refractivity contribution >= 4 is 19.0 Å². The third-order valence-corrected chi connectivity index (χ3v) is 3.72. The number of aromatic nitrogens is 4. The standard InChI is InChI=1S/C10H13N4O7P.2Na/c15-5-1-7(21-6(5)2-20-22(17,18)19)14-4-13-8-9(14)11-3-12-10(8)16;;/h3-7,15H,1-2H2,(H,11,12,16)(H2,17,18,19);;/q;2*+1/p-2. The van der Waals surface area contributed by atoms with Gasteiger partial charge in [-0.25, -0.2) is 9.97 Å². The van der Waals surface area contributed by atoms with Crippen molar-refractivity contribution in [3.05, 3.63) is 12.7 Å². The van der Waals surface area contributed by atoms with E-state index in [-0.39, 0.29) is 76.7 Å². The fraction of sp³-hybridized carbons (Fsp3) is 0.500. The Morgan fingerprint density at radius 3 is 2.79 bits per heavy atom. The van der Waals surface area contributed by atoms with Crippen molar-refractivity contribution in [1.29, 1.82) is 0 Å². The van der Waals surface area contributed by atoms with E-state index in [4.69, 9.17) is 9.63 Å². The van der Waals surface area contributed by atoms with E-state index >= 15 is 0 Å². The van der Waals surface area contributed by atoms with Crippen LogP contribution in [0.3, 0.4) is 0 Å². The normalized spacial score (nSPS) is 25.7. The summed E-state index contributed by atoms with van der Waals surface area (Å²) in [7, 11) is -4.89. The molecule has 3 heterocycles. The van der Waals surface area contributed by atoms with Gasteiger partial charge >= 0.3 is 59.1 Å². The van der Waals surface area contributed by atoms with Gasteiger partial charge in [0.05, 0.1) is 19.0 Å². The molecule has 1 fully saturated rings. The van der Waals surface area contributed by atoms with Crippen LogP contribution in [0.15, 0.2) is 12.7 Å². The average molecular weight is 376 g/mol. The number of phosphoric acid groups is 1. The Balaban J connectivity index is 0.00000144. The molecule has 1 aliphatic rings. The van der Waals surface area contributed by atoms with Crippen LogP contribution in [0, 0.1) is 0 Å². The molecule has 14 heteroatoms. The summed E-state index contributed by atoms with van der Waals surface area (Å²) in [6.07, 6.45) is -0.132. The summed E-state index contributed by atoms with van der Waals surface area (Å²) in [5.74, 6) is -0.533. The molecule has 4 atom stereocenters. The van der Waals surface area contributed by atoms with Crippen molar-refractivity contribution in [2.24, 2.45) is 0 Å². The number of aliphatic hydroxyl groups is 1. The number of ether oxygens (including phenoxy) is 1. The van der Waals surface area contributed by atoms with Crippen LogP contribution in [0.1, 0.15) is 12.6 Å². The predicted octanol–water partition coefficient (Wildman–Crippen LogP) is -7.97. The summed E-state index contributed by atoms with van der Waals surface area (Å²) >= 11 is 0. The molecule has 1 aliphatic heterocycles. The van der Waals surface area contributed by atoms with Gasteiger partial charge in [0, 0.05) is 12.3 Å². The molecule has 1 saturated heterocycles. The second-order valence-electron chi connectivity index (χ2n) is 4.70. The van der Waals surface area contributed by atoms with Crippen molar-refractivity contribution in [3.63, 3.8) is 0 Å². The molecule has 11 nitrogen and oxygen atoms in total. The molecular weight excluding hydrogens is 365 g/mol. The molecule has 24 heavy (non-hydrogen) atoms. The van der Waals surface area contributed by atoms with Crippen LogP contribution < -0.4 is 69.1 Å². The van der Waals surface area contributed by atoms with Gasteiger partial charge in [-0.15, -0.1) is 0 Å². The molecule has 2 N–H and O–H groups in total. The Hall–Kier alpha value is 0.380. The largest absolute Gasteiger partial charge is 1.00 e. The first-order chi connectivity index (χ1) is 10.3. The van der Waals surface area contributed by atoms with Gasteiger partial charge in [0.2, 0.25) is 0 Å². The van der Waals surface area contributed by atoms with E-state index in [0.29, 0.717) is 0 Å². The molecule has 0 aliphatic carbocycles. The van der Waals surface area contributed by atoms with E-state index in [1.807, 2.05) is 0 Å². The topological polar surface area (TPSA) is 166 Å². The Morgan fingerprint density at radius 1 is 1.42 bits per heavy atom. The zero-order valence-electron chi connectivity index (χ0n) is 13.0. The van der Waals surface area contributed by atoms with Crippen molar-refractivity contribution in [2.75, 3.05) is 6.61 Å². The summed E-state index contributed by atoms with van der Waals surface area (Å²) in [4.78, 5) is 30.5. The van der Waals surface area contributed by atoms with Gasteiger partial charge in [0.1, 0.15) is 24.2 Å². The number of hydrogen-bond acceptors (Lipinski definition) is 9. The van der Waals surface area contributed by atoms with E-state index in [1.54, 1.807) is 0 Å². The Kier molecular flexibility index (Phi) is 8.27. The SMILES string of the molecule is O=P([O-])(O)OCC1OC(n2cnc3c([O-])ncnc32)CC1O.[Na+].[Na+]. The molecule has 2 aromatic heterocycles. The van der Waals surface area contributed by atoms with E-state index in [0.717, 1.165) is 6.33 Å². The molecule has 120 valence electrons. The van der Waals surface area contributed by atoms with Gasteiger partial charge in [-0.3, -0.25) is 14.1 Å². The Morgan fingerprint density at radius 2 is 2.12 bits per heavy atom. The first-order valence-electron chi connectivity index (χ1n) is 6.21. The number of phosphoric ester groups is 1. The molecule has 0 saturated carbocycles. The van der Waals surface area contributed by atoms with Crippen LogP contribution in [0.2, 0.25) is 0 Å². The van der Waals surface area contributed by atoms with Crippen molar-refractivity contribution in [1.82, 2.24) is 19.5 Å². The molecule has 0 amide bonds. The maximum atomic E-state index is 11.5. The molecule has 3 rings (SSSR count). The molecule has 4 unspecified atom stereocenters. The van der Waals surface area contributed by atoms with E-state index < -0.39 is 38.7 Å². The molecule has 2 aromatic rings. The molecule has 0 aromatic carbocycles. The zero-order chi connectivity index (χ0) is 15.9. The van der Waals surface area contributed by atoms with Crippen LogP contribution in [0.4, 0.5) is 0 Å². The maximum absolute atomic E-state index is 11.5. The minimum absolute atomic E-state index is 0. The monoisotopic (exact) mass is 376 g/mol. The first-order valence-corrected chi connectivity index (χ1v) is 7.71. The number of fused-ring (bicyclic) bond motifs is 1. The zero-order valence-corrected chi connectivity index (χ0v) is 17.9. The van der Waals surface area contributed by atoms with E-state index in [9.17, 15) is 19.7 Å². The van der Waals surface area contributed by atoms with Gasteiger partial charge in [-0.2, -0.15) is 0 Å². The fourth-order valence-electron chi connectivity index (χ4n) is 2.24. The van der Waals surface area contributed by atoms with Gasteiger partial charge in [-0.1, -0.05) is 0 Å². The summed E-state index contributed by atoms with van der Waals surface area (Å²) in [6, 6.07) is 0. The van der Waals surface area contributed by atoms with Crippen LogP contribution in [0.5, 0.6) is 5.88 Å². The van der Waals surface area contributed by atoms with Crippen LogP contribution in [-0.2, 0) is 13.8 Å². The van der Waals surface area contributed by atoms with Crippen LogP contribution in [0.25, 0.3) is 11.2 Å². The molecular formula is C10H11N4Na2O7P. The minimum atomic E-state index is -4.89. The summed E-state index contributed by atoms with van der Waals surface area (Å²) in [5.41, 5.74) is 0.315. The Bertz CT molecular complexity index is 741. The third-order valence-electron chi connectivity index (χ3n) is 3.24. The second-order valence-corrected chi connectivity index (χ2v) is 5.89. The average Bonchev–Trinajstić information content (AvgIpc) is 3.00. The summed E-state index contributed by atoms with van der Waals surface area (Å²) in [6.45, 7) is -0.524. The molecule has 0 spiro atoms. The van der Waals surface area contributed by atoms with Gasteiger partial charge in [-0.05, 0) is 0 Å².